The van der Waals surface area contributed by atoms with Gasteiger partial charge in [-0.05, 0) is 36.4 Å². The van der Waals surface area contributed by atoms with Gasteiger partial charge in [-0.15, -0.1) is 0 Å². The van der Waals surface area contributed by atoms with E-state index in [1.165, 1.54) is 12.2 Å². The molecule has 0 heterocycles. The number of hydrogen-bond donors (Lipinski definition) is 0. The molecule has 0 unspecified atom stereocenters. The zero-order chi connectivity index (χ0) is 10.2. The van der Waals surface area contributed by atoms with Crippen molar-refractivity contribution >= 4 is 6.29 Å². The zero-order valence-electron chi connectivity index (χ0n) is 7.86. The van der Waals surface area contributed by atoms with Gasteiger partial charge in [0.2, 0.25) is 0 Å². The van der Waals surface area contributed by atoms with E-state index in [0.29, 0.717) is 6.29 Å². The first kappa shape index (κ1) is 10.1. The largest absolute Gasteiger partial charge is 0.497 e. The van der Waals surface area contributed by atoms with Crippen molar-refractivity contribution in [3.8, 4) is 17.6 Å². The molecule has 0 N–H and O–H groups in total. The van der Waals surface area contributed by atoms with Gasteiger partial charge in [-0.1, -0.05) is 11.8 Å². The van der Waals surface area contributed by atoms with E-state index in [1.807, 2.05) is 24.3 Å². The molecule has 2 heteroatoms. The van der Waals surface area contributed by atoms with Crippen molar-refractivity contribution in [2.45, 2.75) is 0 Å². The van der Waals surface area contributed by atoms with Crippen LogP contribution in [0.3, 0.4) is 0 Å². The summed E-state index contributed by atoms with van der Waals surface area (Å²) in [6, 6.07) is 7.40. The summed E-state index contributed by atoms with van der Waals surface area (Å²) in [7, 11) is 1.62. The molecular weight excluding hydrogens is 176 g/mol. The monoisotopic (exact) mass is 186 g/mol. The van der Waals surface area contributed by atoms with Gasteiger partial charge < -0.3 is 4.74 Å². The lowest BCUT2D eigenvalue weighted by molar-refractivity contribution is -0.104. The molecule has 0 atom stereocenters. The van der Waals surface area contributed by atoms with Crippen LogP contribution in [0, 0.1) is 11.8 Å². The molecule has 0 saturated heterocycles. The van der Waals surface area contributed by atoms with Gasteiger partial charge in [-0.3, -0.25) is 4.79 Å². The van der Waals surface area contributed by atoms with Crippen LogP contribution in [0.25, 0.3) is 0 Å². The molecule has 1 aromatic rings. The minimum Gasteiger partial charge on any atom is -0.497 e. The van der Waals surface area contributed by atoms with Crippen molar-refractivity contribution in [3.63, 3.8) is 0 Å². The third kappa shape index (κ3) is 3.16. The molecule has 70 valence electrons. The molecule has 0 aliphatic carbocycles. The average Bonchev–Trinajstić information content (AvgIpc) is 2.25. The Kier molecular flexibility index (Phi) is 4.03. The molecular formula is C12H10O2. The molecule has 0 radical (unpaired) electrons. The molecule has 2 nitrogen and oxygen atoms in total. The van der Waals surface area contributed by atoms with Gasteiger partial charge in [0.05, 0.1) is 7.11 Å². The summed E-state index contributed by atoms with van der Waals surface area (Å²) in [5, 5.41) is 0. The van der Waals surface area contributed by atoms with Crippen LogP contribution < -0.4 is 4.74 Å². The van der Waals surface area contributed by atoms with Gasteiger partial charge in [0.1, 0.15) is 12.0 Å². The van der Waals surface area contributed by atoms with Crippen LogP contribution in [0.15, 0.2) is 36.4 Å². The maximum Gasteiger partial charge on any atom is 0.143 e. The fraction of sp³-hybridized carbons (Fsp3) is 0.0833. The second-order valence-electron chi connectivity index (χ2n) is 2.49. The minimum atomic E-state index is 0.697. The van der Waals surface area contributed by atoms with E-state index in [0.717, 1.165) is 11.3 Å². The quantitative estimate of drug-likeness (QED) is 0.400. The first-order valence-corrected chi connectivity index (χ1v) is 4.12. The number of benzene rings is 1. The molecule has 0 aliphatic rings. The van der Waals surface area contributed by atoms with E-state index in [2.05, 4.69) is 11.8 Å². The van der Waals surface area contributed by atoms with Crippen LogP contribution in [0.2, 0.25) is 0 Å². The summed E-state index contributed by atoms with van der Waals surface area (Å²) in [4.78, 5) is 9.93. The molecule has 0 amide bonds. The molecule has 0 aromatic heterocycles. The number of rotatable bonds is 2. The maximum absolute atomic E-state index is 9.93. The number of hydrogen-bond acceptors (Lipinski definition) is 2. The predicted octanol–water partition coefficient (Wildman–Crippen LogP) is 1.80. The summed E-state index contributed by atoms with van der Waals surface area (Å²) in [5.41, 5.74) is 0.890. The molecule has 1 aromatic carbocycles. The molecule has 0 aliphatic heterocycles. The summed E-state index contributed by atoms with van der Waals surface area (Å²) >= 11 is 0. The molecule has 0 saturated carbocycles. The van der Waals surface area contributed by atoms with E-state index >= 15 is 0 Å². The second kappa shape index (κ2) is 5.60. The molecule has 0 fully saturated rings. The van der Waals surface area contributed by atoms with Crippen LogP contribution in [0.1, 0.15) is 5.56 Å². The molecule has 0 spiro atoms. The number of allylic oxidation sites excluding steroid dienone is 2. The van der Waals surface area contributed by atoms with Gasteiger partial charge >= 0.3 is 0 Å². The lowest BCUT2D eigenvalue weighted by Gasteiger charge is -1.97. The predicted molar refractivity (Wildman–Crippen MR) is 55.1 cm³/mol. The summed E-state index contributed by atoms with van der Waals surface area (Å²) < 4.78 is 5.00. The van der Waals surface area contributed by atoms with E-state index < -0.39 is 0 Å². The van der Waals surface area contributed by atoms with E-state index in [9.17, 15) is 4.79 Å². The van der Waals surface area contributed by atoms with Crippen LogP contribution in [0.4, 0.5) is 0 Å². The zero-order valence-corrected chi connectivity index (χ0v) is 7.86. The summed E-state index contributed by atoms with van der Waals surface area (Å²) in [6.07, 6.45) is 3.57. The Morgan fingerprint density at radius 2 is 2.00 bits per heavy atom. The average molecular weight is 186 g/mol. The maximum atomic E-state index is 9.93. The van der Waals surface area contributed by atoms with Crippen LogP contribution in [-0.4, -0.2) is 13.4 Å². The van der Waals surface area contributed by atoms with Crippen LogP contribution >= 0.6 is 0 Å². The Morgan fingerprint density at radius 3 is 2.57 bits per heavy atom. The number of carbonyl (C=O) groups is 1. The Balaban J connectivity index is 2.71. The van der Waals surface area contributed by atoms with Gasteiger partial charge in [0, 0.05) is 5.56 Å². The second-order valence-corrected chi connectivity index (χ2v) is 2.49. The first-order valence-electron chi connectivity index (χ1n) is 4.12. The smallest absolute Gasteiger partial charge is 0.143 e. The summed E-state index contributed by atoms with van der Waals surface area (Å²) in [5.74, 6) is 6.42. The van der Waals surface area contributed by atoms with Gasteiger partial charge in [-0.25, -0.2) is 0 Å². The van der Waals surface area contributed by atoms with Gasteiger partial charge in [0.15, 0.2) is 0 Å². The lowest BCUT2D eigenvalue weighted by Crippen LogP contribution is -1.81. The standard InChI is InChI=1S/C12H10O2/c1-14-12-8-6-11(7-9-12)5-3-2-4-10-13/h2,4,6-10H,1H3/b4-2-. The third-order valence-corrected chi connectivity index (χ3v) is 1.56. The molecule has 1 rings (SSSR count). The first-order chi connectivity index (χ1) is 6.86. The lowest BCUT2D eigenvalue weighted by atomic mass is 10.2. The molecule has 14 heavy (non-hydrogen) atoms. The normalized spacial score (nSPS) is 9.21. The van der Waals surface area contributed by atoms with Crippen molar-refractivity contribution in [1.29, 1.82) is 0 Å². The number of methoxy groups -OCH3 is 1. The Hall–Kier alpha value is -2.01. The Morgan fingerprint density at radius 1 is 1.29 bits per heavy atom. The Bertz CT molecular complexity index is 377. The Labute approximate surface area is 83.2 Å². The fourth-order valence-corrected chi connectivity index (χ4v) is 0.887. The summed E-state index contributed by atoms with van der Waals surface area (Å²) in [6.45, 7) is 0. The minimum absolute atomic E-state index is 0.697. The fourth-order valence-electron chi connectivity index (χ4n) is 0.887. The van der Waals surface area contributed by atoms with Gasteiger partial charge in [-0.2, -0.15) is 0 Å². The van der Waals surface area contributed by atoms with Crippen molar-refractivity contribution in [3.05, 3.63) is 42.0 Å². The highest BCUT2D eigenvalue weighted by molar-refractivity contribution is 5.65. The van der Waals surface area contributed by atoms with Gasteiger partial charge in [0.25, 0.3) is 0 Å². The third-order valence-electron chi connectivity index (χ3n) is 1.56. The highest BCUT2D eigenvalue weighted by Gasteiger charge is 1.88. The highest BCUT2D eigenvalue weighted by atomic mass is 16.5. The van der Waals surface area contributed by atoms with Crippen molar-refractivity contribution in [1.82, 2.24) is 0 Å². The van der Waals surface area contributed by atoms with E-state index in [-0.39, 0.29) is 0 Å². The van der Waals surface area contributed by atoms with Crippen LogP contribution in [-0.2, 0) is 4.79 Å². The van der Waals surface area contributed by atoms with E-state index in [4.69, 9.17) is 4.74 Å². The number of carbonyl (C=O) groups excluding carboxylic acids is 1. The van der Waals surface area contributed by atoms with Crippen molar-refractivity contribution in [2.75, 3.05) is 7.11 Å². The van der Waals surface area contributed by atoms with Crippen LogP contribution in [0.5, 0.6) is 5.75 Å². The molecule has 0 bridgehead atoms. The SMILES string of the molecule is COc1ccc(C#C/C=C\C=O)cc1. The number of aldehydes is 1. The van der Waals surface area contributed by atoms with Crippen molar-refractivity contribution < 1.29 is 9.53 Å². The van der Waals surface area contributed by atoms with E-state index in [1.54, 1.807) is 7.11 Å². The highest BCUT2D eigenvalue weighted by Crippen LogP contribution is 2.09. The number of ether oxygens (including phenoxy) is 1. The topological polar surface area (TPSA) is 26.3 Å². The van der Waals surface area contributed by atoms with Crippen molar-refractivity contribution in [2.24, 2.45) is 0 Å².